The number of carboxylic acids is 1. The quantitative estimate of drug-likeness (QED) is 0.851. The minimum absolute atomic E-state index is 0.181. The smallest absolute Gasteiger partial charge is 0.339 e. The Labute approximate surface area is 111 Å². The second-order valence-corrected chi connectivity index (χ2v) is 4.10. The Balaban J connectivity index is 2.57. The molecule has 0 fully saturated rings. The standard InChI is InChI=1S/C11H8ClF2N3O2/c12-7-3-5(15)1-2-8(7)17-4-6(11(18)19)9(16-17)10(13)14/h1-4,10H,15H2,(H,18,19). The first-order valence-electron chi connectivity index (χ1n) is 5.06. The summed E-state index contributed by atoms with van der Waals surface area (Å²) in [5.41, 5.74) is 4.80. The largest absolute Gasteiger partial charge is 0.478 e. The summed E-state index contributed by atoms with van der Waals surface area (Å²) >= 11 is 5.91. The van der Waals surface area contributed by atoms with Gasteiger partial charge in [0.2, 0.25) is 0 Å². The van der Waals surface area contributed by atoms with Gasteiger partial charge in [0.05, 0.1) is 10.7 Å². The van der Waals surface area contributed by atoms with Gasteiger partial charge in [0.1, 0.15) is 11.3 Å². The number of rotatable bonds is 3. The molecule has 19 heavy (non-hydrogen) atoms. The van der Waals surface area contributed by atoms with E-state index in [1.165, 1.54) is 18.2 Å². The summed E-state index contributed by atoms with van der Waals surface area (Å²) in [6.07, 6.45) is -2.00. The first kappa shape index (κ1) is 13.3. The van der Waals surface area contributed by atoms with Crippen molar-refractivity contribution in [3.63, 3.8) is 0 Å². The lowest BCUT2D eigenvalue weighted by Crippen LogP contribution is -2.00. The van der Waals surface area contributed by atoms with Crippen LogP contribution in [0.2, 0.25) is 5.02 Å². The van der Waals surface area contributed by atoms with Crippen molar-refractivity contribution in [2.75, 3.05) is 5.73 Å². The molecule has 0 atom stereocenters. The van der Waals surface area contributed by atoms with Crippen molar-refractivity contribution in [3.05, 3.63) is 40.7 Å². The maximum Gasteiger partial charge on any atom is 0.339 e. The van der Waals surface area contributed by atoms with Crippen LogP contribution in [0.15, 0.2) is 24.4 Å². The molecule has 0 amide bonds. The summed E-state index contributed by atoms with van der Waals surface area (Å²) in [5.74, 6) is -1.48. The molecule has 1 aromatic heterocycles. The van der Waals surface area contributed by atoms with E-state index in [0.29, 0.717) is 5.69 Å². The molecule has 0 unspecified atom stereocenters. The van der Waals surface area contributed by atoms with E-state index in [2.05, 4.69) is 5.10 Å². The summed E-state index contributed by atoms with van der Waals surface area (Å²) in [7, 11) is 0. The van der Waals surface area contributed by atoms with Crippen LogP contribution in [0.1, 0.15) is 22.5 Å². The summed E-state index contributed by atoms with van der Waals surface area (Å²) in [6.45, 7) is 0. The van der Waals surface area contributed by atoms with E-state index in [4.69, 9.17) is 22.4 Å². The number of carbonyl (C=O) groups is 1. The van der Waals surface area contributed by atoms with E-state index in [1.54, 1.807) is 0 Å². The molecule has 1 heterocycles. The highest BCUT2D eigenvalue weighted by molar-refractivity contribution is 6.32. The number of anilines is 1. The lowest BCUT2D eigenvalue weighted by molar-refractivity contribution is 0.0684. The maximum atomic E-state index is 12.7. The fourth-order valence-corrected chi connectivity index (χ4v) is 1.82. The topological polar surface area (TPSA) is 81.1 Å². The van der Waals surface area contributed by atoms with Crippen LogP contribution in [0.3, 0.4) is 0 Å². The van der Waals surface area contributed by atoms with Crippen LogP contribution < -0.4 is 5.73 Å². The van der Waals surface area contributed by atoms with Crippen LogP contribution in [0, 0.1) is 0 Å². The third-order valence-corrected chi connectivity index (χ3v) is 2.70. The highest BCUT2D eigenvalue weighted by Crippen LogP contribution is 2.26. The number of nitrogen functional groups attached to an aromatic ring is 1. The Morgan fingerprint density at radius 3 is 2.63 bits per heavy atom. The first-order chi connectivity index (χ1) is 8.90. The van der Waals surface area contributed by atoms with Crippen molar-refractivity contribution in [2.24, 2.45) is 0 Å². The minimum Gasteiger partial charge on any atom is -0.478 e. The number of hydrogen-bond acceptors (Lipinski definition) is 3. The highest BCUT2D eigenvalue weighted by atomic mass is 35.5. The molecule has 0 aliphatic carbocycles. The monoisotopic (exact) mass is 287 g/mol. The summed E-state index contributed by atoms with van der Waals surface area (Å²) in [5, 5.41) is 12.6. The van der Waals surface area contributed by atoms with Crippen molar-refractivity contribution in [2.45, 2.75) is 6.43 Å². The first-order valence-corrected chi connectivity index (χ1v) is 5.44. The average molecular weight is 288 g/mol. The molecule has 0 saturated heterocycles. The Hall–Kier alpha value is -2.15. The molecule has 0 spiro atoms. The molecule has 2 rings (SSSR count). The number of aromatic nitrogens is 2. The zero-order valence-corrected chi connectivity index (χ0v) is 10.1. The van der Waals surface area contributed by atoms with E-state index in [9.17, 15) is 13.6 Å². The van der Waals surface area contributed by atoms with Gasteiger partial charge >= 0.3 is 5.97 Å². The van der Waals surface area contributed by atoms with Crippen molar-refractivity contribution in [1.82, 2.24) is 9.78 Å². The van der Waals surface area contributed by atoms with E-state index in [1.807, 2.05) is 0 Å². The molecular formula is C11H8ClF2N3O2. The van der Waals surface area contributed by atoms with Crippen LogP contribution in [-0.4, -0.2) is 20.9 Å². The van der Waals surface area contributed by atoms with Gasteiger partial charge in [0.25, 0.3) is 6.43 Å². The molecule has 0 aliphatic rings. The van der Waals surface area contributed by atoms with E-state index in [-0.39, 0.29) is 10.7 Å². The van der Waals surface area contributed by atoms with E-state index < -0.39 is 23.7 Å². The van der Waals surface area contributed by atoms with Gasteiger partial charge < -0.3 is 10.8 Å². The number of nitrogens with zero attached hydrogens (tertiary/aromatic N) is 2. The number of halogens is 3. The van der Waals surface area contributed by atoms with E-state index >= 15 is 0 Å². The number of hydrogen-bond donors (Lipinski definition) is 2. The van der Waals surface area contributed by atoms with Gasteiger partial charge in [-0.25, -0.2) is 18.3 Å². The lowest BCUT2D eigenvalue weighted by atomic mass is 10.2. The highest BCUT2D eigenvalue weighted by Gasteiger charge is 2.23. The molecular weight excluding hydrogens is 280 g/mol. The molecule has 0 radical (unpaired) electrons. The molecule has 2 aromatic rings. The van der Waals surface area contributed by atoms with Crippen LogP contribution in [0.4, 0.5) is 14.5 Å². The van der Waals surface area contributed by atoms with Crippen molar-refractivity contribution in [3.8, 4) is 5.69 Å². The fraction of sp³-hybridized carbons (Fsp3) is 0.0909. The van der Waals surface area contributed by atoms with Crippen LogP contribution in [-0.2, 0) is 0 Å². The molecule has 0 aliphatic heterocycles. The van der Waals surface area contributed by atoms with Crippen molar-refractivity contribution in [1.29, 1.82) is 0 Å². The van der Waals surface area contributed by atoms with Gasteiger partial charge in [0.15, 0.2) is 0 Å². The van der Waals surface area contributed by atoms with Gasteiger partial charge in [0, 0.05) is 11.9 Å². The summed E-state index contributed by atoms with van der Waals surface area (Å²) in [6, 6.07) is 4.39. The second-order valence-electron chi connectivity index (χ2n) is 3.69. The summed E-state index contributed by atoms with van der Waals surface area (Å²) in [4.78, 5) is 10.9. The van der Waals surface area contributed by atoms with Gasteiger partial charge in [-0.3, -0.25) is 0 Å². The number of alkyl halides is 2. The third kappa shape index (κ3) is 2.50. The second kappa shape index (κ2) is 4.85. The van der Waals surface area contributed by atoms with Gasteiger partial charge in [-0.05, 0) is 18.2 Å². The van der Waals surface area contributed by atoms with E-state index in [0.717, 1.165) is 10.9 Å². The van der Waals surface area contributed by atoms with Crippen LogP contribution in [0.25, 0.3) is 5.69 Å². The van der Waals surface area contributed by atoms with Crippen LogP contribution >= 0.6 is 11.6 Å². The molecule has 8 heteroatoms. The van der Waals surface area contributed by atoms with Crippen molar-refractivity contribution >= 4 is 23.3 Å². The minimum atomic E-state index is -2.99. The average Bonchev–Trinajstić information content (AvgIpc) is 2.73. The summed E-state index contributed by atoms with van der Waals surface area (Å²) < 4.78 is 26.4. The molecule has 0 saturated carbocycles. The molecule has 100 valence electrons. The molecule has 0 bridgehead atoms. The zero-order chi connectivity index (χ0) is 14.2. The predicted octanol–water partition coefficient (Wildman–Crippen LogP) is 2.74. The SMILES string of the molecule is Nc1ccc(-n2cc(C(=O)O)c(C(F)F)n2)c(Cl)c1. The number of benzene rings is 1. The number of aromatic carboxylic acids is 1. The Bertz CT molecular complexity index is 643. The van der Waals surface area contributed by atoms with Gasteiger partial charge in [-0.1, -0.05) is 11.6 Å². The predicted molar refractivity (Wildman–Crippen MR) is 64.9 cm³/mol. The normalized spacial score (nSPS) is 10.9. The Morgan fingerprint density at radius 2 is 2.16 bits per heavy atom. The maximum absolute atomic E-state index is 12.7. The molecule has 5 nitrogen and oxygen atoms in total. The fourth-order valence-electron chi connectivity index (χ4n) is 1.55. The third-order valence-electron chi connectivity index (χ3n) is 2.40. The van der Waals surface area contributed by atoms with Crippen LogP contribution in [0.5, 0.6) is 0 Å². The zero-order valence-electron chi connectivity index (χ0n) is 9.35. The number of carboxylic acid groups (broad SMARTS) is 1. The molecule has 3 N–H and O–H groups in total. The van der Waals surface area contributed by atoms with Gasteiger partial charge in [-0.2, -0.15) is 5.10 Å². The lowest BCUT2D eigenvalue weighted by Gasteiger charge is -2.04. The molecule has 1 aromatic carbocycles. The van der Waals surface area contributed by atoms with Crippen molar-refractivity contribution < 1.29 is 18.7 Å². The number of nitrogens with two attached hydrogens (primary N) is 1. The van der Waals surface area contributed by atoms with Gasteiger partial charge in [-0.15, -0.1) is 0 Å². The Morgan fingerprint density at radius 1 is 1.47 bits per heavy atom. The Kier molecular flexibility index (Phi) is 3.39.